The van der Waals surface area contributed by atoms with Crippen LogP contribution in [-0.4, -0.2) is 42.4 Å². The minimum Gasteiger partial charge on any atom is -0.458 e. The highest BCUT2D eigenvalue weighted by atomic mass is 35.5. The lowest BCUT2D eigenvalue weighted by Gasteiger charge is -2.38. The van der Waals surface area contributed by atoms with Crippen LogP contribution in [0.5, 0.6) is 0 Å². The molecule has 0 bridgehead atoms. The maximum Gasteiger partial charge on any atom is 0.410 e. The Balaban J connectivity index is 1.85. The lowest BCUT2D eigenvalue weighted by molar-refractivity contribution is -0.0395. The second kappa shape index (κ2) is 6.86. The Morgan fingerprint density at radius 2 is 2.20 bits per heavy atom. The highest BCUT2D eigenvalue weighted by molar-refractivity contribution is 6.34. The third kappa shape index (κ3) is 3.92. The number of amides is 1. The molecule has 2 N–H and O–H groups in total. The van der Waals surface area contributed by atoms with E-state index in [4.69, 9.17) is 31.2 Å². The van der Waals surface area contributed by atoms with Crippen molar-refractivity contribution in [3.05, 3.63) is 35.0 Å². The van der Waals surface area contributed by atoms with Crippen LogP contribution in [0.4, 0.5) is 4.79 Å². The number of fused-ring (bicyclic) bond motifs is 1. The average Bonchev–Trinajstić information content (AvgIpc) is 2.98. The van der Waals surface area contributed by atoms with E-state index in [1.807, 2.05) is 39.0 Å². The molecule has 0 saturated carbocycles. The summed E-state index contributed by atoms with van der Waals surface area (Å²) in [5, 5.41) is 1.40. The summed E-state index contributed by atoms with van der Waals surface area (Å²) in [6, 6.07) is 6.46. The van der Waals surface area contributed by atoms with Gasteiger partial charge in [-0.3, -0.25) is 4.90 Å². The molecule has 1 aromatic carbocycles. The number of carbonyl (C=O) groups excluding carboxylic acids is 1. The molecule has 2 aromatic rings. The van der Waals surface area contributed by atoms with Gasteiger partial charge < -0.3 is 19.6 Å². The van der Waals surface area contributed by atoms with E-state index in [1.165, 1.54) is 0 Å². The topological polar surface area (TPSA) is 77.9 Å². The van der Waals surface area contributed by atoms with Crippen molar-refractivity contribution in [2.75, 3.05) is 19.8 Å². The van der Waals surface area contributed by atoms with Gasteiger partial charge in [-0.1, -0.05) is 23.7 Å². The second-order valence-electron chi connectivity index (χ2n) is 7.15. The molecule has 3 rings (SSSR count). The summed E-state index contributed by atoms with van der Waals surface area (Å²) in [6.07, 6.45) is -0.398. The molecule has 1 saturated heterocycles. The lowest BCUT2D eigenvalue weighted by atomic mass is 10.0. The van der Waals surface area contributed by atoms with Crippen molar-refractivity contribution in [1.29, 1.82) is 0 Å². The van der Waals surface area contributed by atoms with Gasteiger partial charge >= 0.3 is 6.09 Å². The number of hydrogen-bond acceptors (Lipinski definition) is 5. The summed E-state index contributed by atoms with van der Waals surface area (Å²) in [4.78, 5) is 14.1. The van der Waals surface area contributed by atoms with E-state index in [-0.39, 0.29) is 6.04 Å². The maximum atomic E-state index is 12.5. The van der Waals surface area contributed by atoms with Gasteiger partial charge in [-0.05, 0) is 32.9 Å². The Morgan fingerprint density at radius 1 is 1.44 bits per heavy atom. The summed E-state index contributed by atoms with van der Waals surface area (Å²) >= 11 is 6.17. The van der Waals surface area contributed by atoms with Crippen LogP contribution in [-0.2, 0) is 9.47 Å². The van der Waals surface area contributed by atoms with Crippen LogP contribution in [0.2, 0.25) is 5.02 Å². The Labute approximate surface area is 151 Å². The van der Waals surface area contributed by atoms with Crippen LogP contribution < -0.4 is 5.73 Å². The monoisotopic (exact) mass is 366 g/mol. The Morgan fingerprint density at radius 3 is 2.88 bits per heavy atom. The van der Waals surface area contributed by atoms with E-state index in [1.54, 1.807) is 11.0 Å². The largest absolute Gasteiger partial charge is 0.458 e. The number of carbonyl (C=O) groups is 1. The summed E-state index contributed by atoms with van der Waals surface area (Å²) < 4.78 is 16.9. The summed E-state index contributed by atoms with van der Waals surface area (Å²) in [7, 11) is 0. The smallest absolute Gasteiger partial charge is 0.410 e. The number of benzene rings is 1. The molecule has 0 radical (unpaired) electrons. The Kier molecular flexibility index (Phi) is 4.95. The summed E-state index contributed by atoms with van der Waals surface area (Å²) in [6.45, 7) is 6.71. The first-order chi connectivity index (χ1) is 11.8. The van der Waals surface area contributed by atoms with E-state index in [0.29, 0.717) is 36.1 Å². The fraction of sp³-hybridized carbons (Fsp3) is 0.500. The standard InChI is InChI=1S/C18H23ClN2O4/c1-18(2,3)25-17(22)21-7-8-23-10-13(21)15(20)14-9-11-5-4-6-12(19)16(11)24-14/h4-6,9,13,15H,7-8,10,20H2,1-3H3. The van der Waals surface area contributed by atoms with E-state index in [0.717, 1.165) is 5.39 Å². The molecule has 2 unspecified atom stereocenters. The van der Waals surface area contributed by atoms with Crippen molar-refractivity contribution in [2.24, 2.45) is 5.73 Å². The fourth-order valence-corrected chi connectivity index (χ4v) is 3.09. The average molecular weight is 367 g/mol. The molecule has 1 amide bonds. The number of hydrogen-bond donors (Lipinski definition) is 1. The van der Waals surface area contributed by atoms with Crippen LogP contribution in [0.15, 0.2) is 28.7 Å². The molecule has 0 spiro atoms. The van der Waals surface area contributed by atoms with Gasteiger partial charge in [-0.15, -0.1) is 0 Å². The quantitative estimate of drug-likeness (QED) is 0.876. The molecule has 1 aliphatic rings. The maximum absolute atomic E-state index is 12.5. The molecule has 2 atom stereocenters. The number of nitrogens with zero attached hydrogens (tertiary/aromatic N) is 1. The summed E-state index contributed by atoms with van der Waals surface area (Å²) in [5.74, 6) is 0.562. The molecule has 1 aliphatic heterocycles. The zero-order valence-corrected chi connectivity index (χ0v) is 15.4. The van der Waals surface area contributed by atoms with Crippen LogP contribution in [0, 0.1) is 0 Å². The summed E-state index contributed by atoms with van der Waals surface area (Å²) in [5.41, 5.74) is 6.43. The van der Waals surface area contributed by atoms with Gasteiger partial charge in [-0.25, -0.2) is 4.79 Å². The number of furan rings is 1. The number of ether oxygens (including phenoxy) is 2. The van der Waals surface area contributed by atoms with E-state index >= 15 is 0 Å². The van der Waals surface area contributed by atoms with Gasteiger partial charge in [0.05, 0.1) is 30.3 Å². The van der Waals surface area contributed by atoms with Crippen molar-refractivity contribution in [1.82, 2.24) is 4.90 Å². The van der Waals surface area contributed by atoms with E-state index in [9.17, 15) is 4.79 Å². The molecule has 1 fully saturated rings. The number of halogens is 1. The highest BCUT2D eigenvalue weighted by Gasteiger charge is 2.36. The van der Waals surface area contributed by atoms with E-state index in [2.05, 4.69) is 0 Å². The zero-order chi connectivity index (χ0) is 18.2. The van der Waals surface area contributed by atoms with Gasteiger partial charge in [0, 0.05) is 11.9 Å². The predicted molar refractivity (Wildman–Crippen MR) is 95.7 cm³/mol. The van der Waals surface area contributed by atoms with Crippen molar-refractivity contribution in [3.63, 3.8) is 0 Å². The van der Waals surface area contributed by atoms with Crippen molar-refractivity contribution in [2.45, 2.75) is 38.5 Å². The number of para-hydroxylation sites is 1. The van der Waals surface area contributed by atoms with Gasteiger partial charge in [0.2, 0.25) is 0 Å². The molecule has 7 heteroatoms. The Bertz CT molecular complexity index is 768. The third-order valence-electron chi connectivity index (χ3n) is 4.05. The zero-order valence-electron chi connectivity index (χ0n) is 14.6. The minimum atomic E-state index is -0.572. The molecular weight excluding hydrogens is 344 g/mol. The van der Waals surface area contributed by atoms with Crippen molar-refractivity contribution >= 4 is 28.7 Å². The van der Waals surface area contributed by atoms with Crippen molar-refractivity contribution in [3.8, 4) is 0 Å². The minimum absolute atomic E-state index is 0.325. The molecule has 136 valence electrons. The van der Waals surface area contributed by atoms with Gasteiger partial charge in [0.15, 0.2) is 5.58 Å². The first-order valence-corrected chi connectivity index (χ1v) is 8.65. The molecular formula is C18H23ClN2O4. The van der Waals surface area contributed by atoms with Crippen LogP contribution in [0.3, 0.4) is 0 Å². The molecule has 2 heterocycles. The van der Waals surface area contributed by atoms with Crippen molar-refractivity contribution < 1.29 is 18.7 Å². The fourth-order valence-electron chi connectivity index (χ4n) is 2.87. The number of nitrogens with two attached hydrogens (primary N) is 1. The molecule has 1 aromatic heterocycles. The number of rotatable bonds is 2. The third-order valence-corrected chi connectivity index (χ3v) is 4.35. The first-order valence-electron chi connectivity index (χ1n) is 8.27. The van der Waals surface area contributed by atoms with Gasteiger partial charge in [-0.2, -0.15) is 0 Å². The predicted octanol–water partition coefficient (Wildman–Crippen LogP) is 3.72. The molecule has 25 heavy (non-hydrogen) atoms. The second-order valence-corrected chi connectivity index (χ2v) is 7.56. The van der Waals surface area contributed by atoms with Gasteiger partial charge in [0.1, 0.15) is 11.4 Å². The SMILES string of the molecule is CC(C)(C)OC(=O)N1CCOCC1C(N)c1cc2cccc(Cl)c2o1. The van der Waals surface area contributed by atoms with Gasteiger partial charge in [0.25, 0.3) is 0 Å². The normalized spacial score (nSPS) is 19.9. The number of morpholine rings is 1. The molecule has 0 aliphatic carbocycles. The van der Waals surface area contributed by atoms with E-state index < -0.39 is 17.7 Å². The van der Waals surface area contributed by atoms with Crippen LogP contribution in [0.1, 0.15) is 32.6 Å². The highest BCUT2D eigenvalue weighted by Crippen LogP contribution is 2.31. The Hall–Kier alpha value is -1.76. The first kappa shape index (κ1) is 18.0. The molecule has 6 nitrogen and oxygen atoms in total. The van der Waals surface area contributed by atoms with Crippen LogP contribution >= 0.6 is 11.6 Å². The van der Waals surface area contributed by atoms with Crippen LogP contribution in [0.25, 0.3) is 11.0 Å². The lowest BCUT2D eigenvalue weighted by Crippen LogP contribution is -2.54.